The zero-order valence-electron chi connectivity index (χ0n) is 17.3. The van der Waals surface area contributed by atoms with Crippen LogP contribution in [0.4, 0.5) is 0 Å². The van der Waals surface area contributed by atoms with E-state index >= 15 is 0 Å². The Morgan fingerprint density at radius 1 is 0.968 bits per heavy atom. The first-order valence-corrected chi connectivity index (χ1v) is 11.0. The average Bonchev–Trinajstić information content (AvgIpc) is 2.83. The number of piperidine rings is 1. The minimum absolute atomic E-state index is 0.0394. The van der Waals surface area contributed by atoms with Gasteiger partial charge >= 0.3 is 0 Å². The zero-order valence-corrected chi connectivity index (χ0v) is 18.0. The summed E-state index contributed by atoms with van der Waals surface area (Å²) in [5.74, 6) is 0.666. The van der Waals surface area contributed by atoms with Gasteiger partial charge in [0.15, 0.2) is 0 Å². The second-order valence-electron chi connectivity index (χ2n) is 7.86. The summed E-state index contributed by atoms with van der Waals surface area (Å²) in [4.78, 5) is 15.1. The van der Waals surface area contributed by atoms with Crippen LogP contribution >= 0.6 is 11.6 Å². The predicted molar refractivity (Wildman–Crippen MR) is 122 cm³/mol. The summed E-state index contributed by atoms with van der Waals surface area (Å²) in [6.07, 6.45) is 1.04. The molecule has 1 unspecified atom stereocenters. The first-order valence-electron chi connectivity index (χ1n) is 10.6. The van der Waals surface area contributed by atoms with Gasteiger partial charge in [-0.05, 0) is 42.5 Å². The molecule has 4 rings (SSSR count). The van der Waals surface area contributed by atoms with Crippen molar-refractivity contribution in [1.29, 1.82) is 0 Å². The molecule has 1 N–H and O–H groups in total. The van der Waals surface area contributed by atoms with Gasteiger partial charge in [-0.1, -0.05) is 72.3 Å². The highest BCUT2D eigenvalue weighted by Gasteiger charge is 2.29. The number of aliphatic hydroxyl groups is 1. The van der Waals surface area contributed by atoms with Gasteiger partial charge in [-0.25, -0.2) is 0 Å². The van der Waals surface area contributed by atoms with Gasteiger partial charge in [0.05, 0.1) is 11.7 Å². The fraction of sp³-hybridized carbons (Fsp3) is 0.269. The Hall–Kier alpha value is -2.82. The summed E-state index contributed by atoms with van der Waals surface area (Å²) >= 11 is 6.22. The second-order valence-corrected chi connectivity index (χ2v) is 8.27. The van der Waals surface area contributed by atoms with Gasteiger partial charge in [-0.3, -0.25) is 4.79 Å². The van der Waals surface area contributed by atoms with Gasteiger partial charge in [0.1, 0.15) is 12.4 Å². The topological polar surface area (TPSA) is 49.8 Å². The molecule has 160 valence electrons. The first kappa shape index (κ1) is 21.4. The van der Waals surface area contributed by atoms with E-state index < -0.39 is 6.10 Å². The Kier molecular flexibility index (Phi) is 6.90. The monoisotopic (exact) mass is 435 g/mol. The highest BCUT2D eigenvalue weighted by Crippen LogP contribution is 2.32. The number of carbonyl (C=O) groups excluding carboxylic acids is 1. The summed E-state index contributed by atoms with van der Waals surface area (Å²) in [6, 6.07) is 24.6. The first-order chi connectivity index (χ1) is 15.1. The molecular formula is C26H26ClNO3. The Morgan fingerprint density at radius 2 is 1.61 bits per heavy atom. The molecule has 3 aromatic carbocycles. The van der Waals surface area contributed by atoms with Crippen LogP contribution in [0.2, 0.25) is 5.02 Å². The highest BCUT2D eigenvalue weighted by atomic mass is 35.5. The lowest BCUT2D eigenvalue weighted by Crippen LogP contribution is -2.39. The maximum absolute atomic E-state index is 13.2. The number of hydrogen-bond donors (Lipinski definition) is 1. The average molecular weight is 436 g/mol. The SMILES string of the molecule is O=C(c1ccccc1OCc1ccccc1Cl)N1CCC(C(O)c2ccccc2)CC1. The van der Waals surface area contributed by atoms with E-state index in [4.69, 9.17) is 16.3 Å². The maximum atomic E-state index is 13.2. The van der Waals surface area contributed by atoms with E-state index in [-0.39, 0.29) is 11.8 Å². The molecule has 4 nitrogen and oxygen atoms in total. The van der Waals surface area contributed by atoms with E-state index in [0.717, 1.165) is 24.0 Å². The number of likely N-dealkylation sites (tertiary alicyclic amines) is 1. The number of para-hydroxylation sites is 1. The molecule has 0 saturated carbocycles. The number of aliphatic hydroxyl groups excluding tert-OH is 1. The number of amides is 1. The smallest absolute Gasteiger partial charge is 0.257 e. The molecule has 0 bridgehead atoms. The van der Waals surface area contributed by atoms with Crippen LogP contribution in [0.25, 0.3) is 0 Å². The molecule has 3 aromatic rings. The van der Waals surface area contributed by atoms with E-state index in [1.165, 1.54) is 0 Å². The van der Waals surface area contributed by atoms with Crippen molar-refractivity contribution in [1.82, 2.24) is 4.90 Å². The minimum atomic E-state index is -0.496. The molecule has 0 spiro atoms. The molecule has 31 heavy (non-hydrogen) atoms. The number of hydrogen-bond acceptors (Lipinski definition) is 3. The number of carbonyl (C=O) groups is 1. The van der Waals surface area contributed by atoms with Crippen molar-refractivity contribution in [3.05, 3.63) is 101 Å². The van der Waals surface area contributed by atoms with Crippen LogP contribution in [0.5, 0.6) is 5.75 Å². The molecule has 0 radical (unpaired) electrons. The van der Waals surface area contributed by atoms with Crippen molar-refractivity contribution in [2.45, 2.75) is 25.6 Å². The van der Waals surface area contributed by atoms with Crippen molar-refractivity contribution in [2.24, 2.45) is 5.92 Å². The summed E-state index contributed by atoms with van der Waals surface area (Å²) in [7, 11) is 0. The van der Waals surface area contributed by atoms with Gasteiger partial charge in [-0.15, -0.1) is 0 Å². The van der Waals surface area contributed by atoms with Crippen LogP contribution in [-0.4, -0.2) is 29.0 Å². The highest BCUT2D eigenvalue weighted by molar-refractivity contribution is 6.31. The summed E-state index contributed by atoms with van der Waals surface area (Å²) < 4.78 is 5.96. The molecule has 1 amide bonds. The van der Waals surface area contributed by atoms with Gasteiger partial charge in [-0.2, -0.15) is 0 Å². The van der Waals surface area contributed by atoms with Gasteiger partial charge in [0, 0.05) is 23.7 Å². The third-order valence-corrected chi connectivity index (χ3v) is 6.24. The molecule has 1 fully saturated rings. The fourth-order valence-corrected chi connectivity index (χ4v) is 4.24. The van der Waals surface area contributed by atoms with Crippen LogP contribution in [0.1, 0.15) is 40.4 Å². The molecule has 1 heterocycles. The lowest BCUT2D eigenvalue weighted by atomic mass is 9.87. The zero-order chi connectivity index (χ0) is 21.6. The molecule has 5 heteroatoms. The van der Waals surface area contributed by atoms with Crippen molar-refractivity contribution in [2.75, 3.05) is 13.1 Å². The van der Waals surface area contributed by atoms with Crippen LogP contribution in [-0.2, 0) is 6.61 Å². The van der Waals surface area contributed by atoms with Crippen LogP contribution in [0.15, 0.2) is 78.9 Å². The Labute approximate surface area is 188 Å². The molecule has 1 aliphatic heterocycles. The maximum Gasteiger partial charge on any atom is 0.257 e. The van der Waals surface area contributed by atoms with E-state index in [9.17, 15) is 9.90 Å². The normalized spacial score (nSPS) is 15.5. The van der Waals surface area contributed by atoms with Crippen LogP contribution in [0.3, 0.4) is 0 Å². The number of ether oxygens (including phenoxy) is 1. The van der Waals surface area contributed by atoms with Gasteiger partial charge < -0.3 is 14.7 Å². The largest absolute Gasteiger partial charge is 0.488 e. The van der Waals surface area contributed by atoms with E-state index in [1.54, 1.807) is 6.07 Å². The minimum Gasteiger partial charge on any atom is -0.488 e. The number of halogens is 1. The van der Waals surface area contributed by atoms with Crippen molar-refractivity contribution in [3.63, 3.8) is 0 Å². The quantitative estimate of drug-likeness (QED) is 0.555. The Balaban J connectivity index is 1.40. The molecule has 0 aliphatic carbocycles. The lowest BCUT2D eigenvalue weighted by Gasteiger charge is -2.34. The number of nitrogens with zero attached hydrogens (tertiary/aromatic N) is 1. The van der Waals surface area contributed by atoms with Crippen molar-refractivity contribution in [3.8, 4) is 5.75 Å². The molecule has 0 aromatic heterocycles. The molecule has 1 atom stereocenters. The van der Waals surface area contributed by atoms with E-state index in [0.29, 0.717) is 36.0 Å². The summed E-state index contributed by atoms with van der Waals surface area (Å²) in [6.45, 7) is 1.54. The van der Waals surface area contributed by atoms with Crippen molar-refractivity contribution < 1.29 is 14.6 Å². The van der Waals surface area contributed by atoms with Crippen LogP contribution < -0.4 is 4.74 Å². The predicted octanol–water partition coefficient (Wildman–Crippen LogP) is 5.50. The third-order valence-electron chi connectivity index (χ3n) is 5.87. The van der Waals surface area contributed by atoms with Gasteiger partial charge in [0.2, 0.25) is 0 Å². The Bertz CT molecular complexity index is 1020. The third kappa shape index (κ3) is 5.09. The van der Waals surface area contributed by atoms with E-state index in [2.05, 4.69) is 0 Å². The van der Waals surface area contributed by atoms with Gasteiger partial charge in [0.25, 0.3) is 5.91 Å². The molecule has 1 aliphatic rings. The van der Waals surface area contributed by atoms with E-state index in [1.807, 2.05) is 77.7 Å². The number of rotatable bonds is 6. The second kappa shape index (κ2) is 9.99. The fourth-order valence-electron chi connectivity index (χ4n) is 4.05. The summed E-state index contributed by atoms with van der Waals surface area (Å²) in [5.41, 5.74) is 2.37. The number of benzene rings is 3. The Morgan fingerprint density at radius 3 is 2.35 bits per heavy atom. The summed E-state index contributed by atoms with van der Waals surface area (Å²) in [5, 5.41) is 11.3. The standard InChI is InChI=1S/C26H26ClNO3/c27-23-12-6-4-10-21(23)18-31-24-13-7-5-11-22(24)26(30)28-16-14-20(15-17-28)25(29)19-8-2-1-3-9-19/h1-13,20,25,29H,14-18H2. The van der Waals surface area contributed by atoms with Crippen molar-refractivity contribution >= 4 is 17.5 Å². The van der Waals surface area contributed by atoms with Crippen LogP contribution in [0, 0.1) is 5.92 Å². The molecule has 1 saturated heterocycles. The molecular weight excluding hydrogens is 410 g/mol. The lowest BCUT2D eigenvalue weighted by molar-refractivity contribution is 0.0459.